The van der Waals surface area contributed by atoms with Crippen LogP contribution in [0.2, 0.25) is 10.6 Å². The highest BCUT2D eigenvalue weighted by Gasteiger charge is 2.40. The molecule has 1 aliphatic heterocycles. The van der Waals surface area contributed by atoms with Crippen LogP contribution in [-0.2, 0) is 4.74 Å². The summed E-state index contributed by atoms with van der Waals surface area (Å²) in [4.78, 5) is 11.7. The molecule has 5 nitrogen and oxygen atoms in total. The van der Waals surface area contributed by atoms with Gasteiger partial charge < -0.3 is 10.1 Å². The second-order valence-corrected chi connectivity index (χ2v) is 5.09. The maximum absolute atomic E-state index is 5.73. The molecule has 17 heavy (non-hydrogen) atoms. The summed E-state index contributed by atoms with van der Waals surface area (Å²) in [6.45, 7) is 0.783. The monoisotopic (exact) mass is 274 g/mol. The van der Waals surface area contributed by atoms with Gasteiger partial charge in [0.15, 0.2) is 0 Å². The van der Waals surface area contributed by atoms with E-state index in [1.165, 1.54) is 12.8 Å². The van der Waals surface area contributed by atoms with Crippen LogP contribution >= 0.6 is 23.2 Å². The molecule has 3 rings (SSSR count). The number of hydrogen-bond donors (Lipinski definition) is 1. The van der Waals surface area contributed by atoms with Gasteiger partial charge in [-0.25, -0.2) is 0 Å². The Balaban J connectivity index is 1.72. The molecule has 0 aromatic carbocycles. The Morgan fingerprint density at radius 1 is 1.06 bits per heavy atom. The maximum Gasteiger partial charge on any atom is 0.228 e. The molecule has 1 N–H and O–H groups in total. The predicted octanol–water partition coefficient (Wildman–Crippen LogP) is 2.16. The van der Waals surface area contributed by atoms with Gasteiger partial charge in [0.05, 0.1) is 12.1 Å². The second kappa shape index (κ2) is 4.55. The first-order valence-electron chi connectivity index (χ1n) is 5.67. The summed E-state index contributed by atoms with van der Waals surface area (Å²) in [5.74, 6) is 1.11. The predicted molar refractivity (Wildman–Crippen MR) is 64.3 cm³/mol. The van der Waals surface area contributed by atoms with Crippen LogP contribution in [0.4, 0.5) is 5.95 Å². The van der Waals surface area contributed by atoms with E-state index in [4.69, 9.17) is 27.9 Å². The van der Waals surface area contributed by atoms with Gasteiger partial charge >= 0.3 is 0 Å². The fourth-order valence-electron chi connectivity index (χ4n) is 2.21. The lowest BCUT2D eigenvalue weighted by Crippen LogP contribution is -2.31. The van der Waals surface area contributed by atoms with Crippen LogP contribution in [-0.4, -0.2) is 33.7 Å². The third-order valence-electron chi connectivity index (χ3n) is 3.12. The van der Waals surface area contributed by atoms with Gasteiger partial charge in [-0.05, 0) is 48.4 Å². The minimum Gasteiger partial charge on any atom is -0.376 e. The van der Waals surface area contributed by atoms with Crippen molar-refractivity contribution in [2.24, 2.45) is 5.92 Å². The molecule has 0 bridgehead atoms. The summed E-state index contributed by atoms with van der Waals surface area (Å²) < 4.78 is 5.72. The Labute approximate surface area is 109 Å². The van der Waals surface area contributed by atoms with E-state index >= 15 is 0 Å². The molecule has 1 aromatic rings. The number of ether oxygens (including phenoxy) is 1. The van der Waals surface area contributed by atoms with Gasteiger partial charge in [-0.2, -0.15) is 15.0 Å². The highest BCUT2D eigenvalue weighted by atomic mass is 35.5. The minimum absolute atomic E-state index is 0.106. The van der Waals surface area contributed by atoms with E-state index < -0.39 is 0 Å². The molecule has 1 saturated carbocycles. The van der Waals surface area contributed by atoms with Crippen LogP contribution in [0, 0.1) is 5.92 Å². The molecular weight excluding hydrogens is 263 g/mol. The summed E-state index contributed by atoms with van der Waals surface area (Å²) in [7, 11) is 0. The standard InChI is InChI=1S/C10H12Cl2N4O/c11-8-14-9(12)16-10(15-8)13-6-3-4-17-7(6)5-1-2-5/h5-7H,1-4H2,(H,13,14,15,16). The lowest BCUT2D eigenvalue weighted by atomic mass is 10.1. The Kier molecular flexibility index (Phi) is 3.06. The molecular formula is C10H12Cl2N4O. The van der Waals surface area contributed by atoms with E-state index in [1.54, 1.807) is 0 Å². The van der Waals surface area contributed by atoms with Crippen LogP contribution < -0.4 is 5.32 Å². The number of aromatic nitrogens is 3. The molecule has 1 aliphatic carbocycles. The summed E-state index contributed by atoms with van der Waals surface area (Å²) >= 11 is 11.5. The number of hydrogen-bond acceptors (Lipinski definition) is 5. The number of nitrogens with one attached hydrogen (secondary N) is 1. The van der Waals surface area contributed by atoms with Crippen LogP contribution in [0.5, 0.6) is 0 Å². The normalized spacial score (nSPS) is 28.4. The van der Waals surface area contributed by atoms with Gasteiger partial charge in [0.25, 0.3) is 0 Å². The lowest BCUT2D eigenvalue weighted by molar-refractivity contribution is 0.0897. The third-order valence-corrected chi connectivity index (χ3v) is 3.46. The zero-order valence-corrected chi connectivity index (χ0v) is 10.6. The Hall–Kier alpha value is -0.650. The third kappa shape index (κ3) is 2.61. The van der Waals surface area contributed by atoms with Crippen LogP contribution in [0.25, 0.3) is 0 Å². The van der Waals surface area contributed by atoms with E-state index in [9.17, 15) is 0 Å². The van der Waals surface area contributed by atoms with Gasteiger partial charge in [-0.15, -0.1) is 0 Å². The molecule has 0 spiro atoms. The van der Waals surface area contributed by atoms with Gasteiger partial charge in [0, 0.05) is 6.61 Å². The van der Waals surface area contributed by atoms with Crippen molar-refractivity contribution in [2.75, 3.05) is 11.9 Å². The molecule has 1 saturated heterocycles. The van der Waals surface area contributed by atoms with E-state index in [1.807, 2.05) is 0 Å². The van der Waals surface area contributed by atoms with Gasteiger partial charge in [0.2, 0.25) is 16.5 Å². The molecule has 2 unspecified atom stereocenters. The fourth-order valence-corrected chi connectivity index (χ4v) is 2.57. The van der Waals surface area contributed by atoms with Crippen molar-refractivity contribution in [3.05, 3.63) is 10.6 Å². The van der Waals surface area contributed by atoms with Gasteiger partial charge in [-0.3, -0.25) is 0 Å². The SMILES string of the molecule is Clc1nc(Cl)nc(NC2CCOC2C2CC2)n1. The van der Waals surface area contributed by atoms with Gasteiger partial charge in [0.1, 0.15) is 0 Å². The van der Waals surface area contributed by atoms with Crippen molar-refractivity contribution < 1.29 is 4.74 Å². The van der Waals surface area contributed by atoms with Crippen LogP contribution in [0.3, 0.4) is 0 Å². The number of rotatable bonds is 3. The second-order valence-electron chi connectivity index (χ2n) is 4.41. The van der Waals surface area contributed by atoms with Crippen molar-refractivity contribution in [3.8, 4) is 0 Å². The van der Waals surface area contributed by atoms with Crippen LogP contribution in [0.15, 0.2) is 0 Å². The summed E-state index contributed by atoms with van der Waals surface area (Å²) in [6.07, 6.45) is 3.73. The molecule has 0 radical (unpaired) electrons. The average molecular weight is 275 g/mol. The van der Waals surface area contributed by atoms with E-state index in [0.717, 1.165) is 13.0 Å². The van der Waals surface area contributed by atoms with Crippen molar-refractivity contribution in [2.45, 2.75) is 31.4 Å². The molecule has 92 valence electrons. The smallest absolute Gasteiger partial charge is 0.228 e. The fraction of sp³-hybridized carbons (Fsp3) is 0.700. The zero-order chi connectivity index (χ0) is 11.8. The molecule has 7 heteroatoms. The summed E-state index contributed by atoms with van der Waals surface area (Å²) in [5, 5.41) is 3.45. The minimum atomic E-state index is 0.106. The topological polar surface area (TPSA) is 59.9 Å². The van der Waals surface area contributed by atoms with Crippen molar-refractivity contribution in [1.82, 2.24) is 15.0 Å². The molecule has 1 aromatic heterocycles. The first kappa shape index (κ1) is 11.4. The average Bonchev–Trinajstić information content (AvgIpc) is 2.99. The number of nitrogens with zero attached hydrogens (tertiary/aromatic N) is 3. The maximum atomic E-state index is 5.73. The van der Waals surface area contributed by atoms with Gasteiger partial charge in [-0.1, -0.05) is 0 Å². The first-order valence-corrected chi connectivity index (χ1v) is 6.43. The Bertz CT molecular complexity index is 407. The Morgan fingerprint density at radius 2 is 1.76 bits per heavy atom. The molecule has 2 atom stereocenters. The number of halogens is 2. The van der Waals surface area contributed by atoms with E-state index in [2.05, 4.69) is 20.3 Å². The van der Waals surface area contributed by atoms with Crippen molar-refractivity contribution in [3.63, 3.8) is 0 Å². The summed E-state index contributed by atoms with van der Waals surface area (Å²) in [6, 6.07) is 0.247. The van der Waals surface area contributed by atoms with Crippen LogP contribution in [0.1, 0.15) is 19.3 Å². The van der Waals surface area contributed by atoms with E-state index in [-0.39, 0.29) is 22.7 Å². The molecule has 2 heterocycles. The lowest BCUT2D eigenvalue weighted by Gasteiger charge is -2.19. The van der Waals surface area contributed by atoms with Crippen molar-refractivity contribution in [1.29, 1.82) is 0 Å². The highest BCUT2D eigenvalue weighted by Crippen LogP contribution is 2.39. The Morgan fingerprint density at radius 3 is 2.41 bits per heavy atom. The van der Waals surface area contributed by atoms with Crippen molar-refractivity contribution >= 4 is 29.2 Å². The first-order chi connectivity index (χ1) is 8.22. The number of anilines is 1. The van der Waals surface area contributed by atoms with E-state index in [0.29, 0.717) is 11.9 Å². The zero-order valence-electron chi connectivity index (χ0n) is 9.07. The summed E-state index contributed by atoms with van der Waals surface area (Å²) in [5.41, 5.74) is 0. The quantitative estimate of drug-likeness (QED) is 0.916. The largest absolute Gasteiger partial charge is 0.376 e. The molecule has 0 amide bonds. The molecule has 2 aliphatic rings. The highest BCUT2D eigenvalue weighted by molar-refractivity contribution is 6.31. The molecule has 2 fully saturated rings.